The van der Waals surface area contributed by atoms with Crippen LogP contribution in [-0.4, -0.2) is 30.6 Å². The minimum Gasteiger partial charge on any atom is -0.317 e. The maximum Gasteiger partial charge on any atom is 0.0302 e. The largest absolute Gasteiger partial charge is 0.317 e. The summed E-state index contributed by atoms with van der Waals surface area (Å²) in [6.07, 6.45) is 3.84. The van der Waals surface area contributed by atoms with Gasteiger partial charge in [0.15, 0.2) is 0 Å². The Morgan fingerprint density at radius 1 is 1.44 bits per heavy atom. The minimum atomic E-state index is 0.890. The van der Waals surface area contributed by atoms with Crippen molar-refractivity contribution in [3.8, 4) is 0 Å². The Balaban J connectivity index is 1.55. The first-order valence-corrected chi connectivity index (χ1v) is 8.91. The summed E-state index contributed by atoms with van der Waals surface area (Å²) in [5, 5.41) is 10.1. The van der Waals surface area contributed by atoms with Gasteiger partial charge in [0.2, 0.25) is 0 Å². The molecule has 0 saturated carbocycles. The molecule has 0 bridgehead atoms. The van der Waals surface area contributed by atoms with E-state index in [0.717, 1.165) is 24.8 Å². The van der Waals surface area contributed by atoms with Gasteiger partial charge >= 0.3 is 0 Å². The van der Waals surface area contributed by atoms with E-state index in [1.54, 1.807) is 0 Å². The molecule has 0 amide bonds. The van der Waals surface area contributed by atoms with E-state index in [-0.39, 0.29) is 0 Å². The van der Waals surface area contributed by atoms with E-state index in [2.05, 4.69) is 40.8 Å². The van der Waals surface area contributed by atoms with Crippen LogP contribution in [0.5, 0.6) is 0 Å². The summed E-state index contributed by atoms with van der Waals surface area (Å²) in [7, 11) is 0. The van der Waals surface area contributed by atoms with Crippen molar-refractivity contribution in [2.45, 2.75) is 38.0 Å². The monoisotopic (exact) mass is 284 g/mol. The molecular formula is C14H24N2S2. The van der Waals surface area contributed by atoms with Crippen molar-refractivity contribution in [3.05, 3.63) is 21.9 Å². The van der Waals surface area contributed by atoms with Crippen LogP contribution in [0.15, 0.2) is 11.4 Å². The Morgan fingerprint density at radius 3 is 3.06 bits per heavy atom. The lowest BCUT2D eigenvalue weighted by atomic mass is 10.2. The normalized spacial score (nSPS) is 17.2. The molecule has 1 aliphatic rings. The summed E-state index contributed by atoms with van der Waals surface area (Å²) in [6, 6.07) is 2.26. The second-order valence-electron chi connectivity index (χ2n) is 4.72. The van der Waals surface area contributed by atoms with Crippen LogP contribution in [0.2, 0.25) is 0 Å². The Kier molecular flexibility index (Phi) is 6.55. The van der Waals surface area contributed by atoms with Crippen LogP contribution in [0.25, 0.3) is 0 Å². The lowest BCUT2D eigenvalue weighted by molar-refractivity contribution is 0.531. The van der Waals surface area contributed by atoms with Crippen LogP contribution in [0.1, 0.15) is 30.2 Å². The molecule has 2 rings (SSSR count). The molecule has 2 heterocycles. The van der Waals surface area contributed by atoms with Crippen LogP contribution >= 0.6 is 23.1 Å². The average molecular weight is 284 g/mol. The van der Waals surface area contributed by atoms with Crippen molar-refractivity contribution in [3.63, 3.8) is 0 Å². The van der Waals surface area contributed by atoms with Crippen LogP contribution in [-0.2, 0) is 13.0 Å². The first-order valence-electron chi connectivity index (χ1n) is 6.98. The van der Waals surface area contributed by atoms with Gasteiger partial charge in [-0.2, -0.15) is 11.8 Å². The van der Waals surface area contributed by atoms with Crippen LogP contribution in [0.4, 0.5) is 0 Å². The lowest BCUT2D eigenvalue weighted by Gasteiger charge is -2.22. The molecule has 0 radical (unpaired) electrons. The highest BCUT2D eigenvalue weighted by Crippen LogP contribution is 2.20. The third-order valence-electron chi connectivity index (χ3n) is 3.42. The molecule has 0 aromatic carbocycles. The number of aryl methyl sites for hydroxylation is 1. The van der Waals surface area contributed by atoms with E-state index >= 15 is 0 Å². The summed E-state index contributed by atoms with van der Waals surface area (Å²) < 4.78 is 0. The lowest BCUT2D eigenvalue weighted by Crippen LogP contribution is -2.30. The number of thioether (sulfide) groups is 1. The van der Waals surface area contributed by atoms with E-state index in [0.29, 0.717) is 0 Å². The number of hydrogen-bond donors (Lipinski definition) is 2. The molecule has 18 heavy (non-hydrogen) atoms. The van der Waals surface area contributed by atoms with Crippen LogP contribution in [0, 0.1) is 0 Å². The predicted octanol–water partition coefficient (Wildman–Crippen LogP) is 2.89. The molecule has 0 spiro atoms. The molecule has 1 aromatic rings. The van der Waals surface area contributed by atoms with Gasteiger partial charge in [0, 0.05) is 29.0 Å². The van der Waals surface area contributed by atoms with Crippen molar-refractivity contribution >= 4 is 23.1 Å². The highest BCUT2D eigenvalue weighted by Gasteiger charge is 2.12. The maximum atomic E-state index is 3.58. The highest BCUT2D eigenvalue weighted by molar-refractivity contribution is 7.99. The van der Waals surface area contributed by atoms with Crippen molar-refractivity contribution in [2.75, 3.05) is 25.4 Å². The highest BCUT2D eigenvalue weighted by atomic mass is 32.2. The fourth-order valence-electron chi connectivity index (χ4n) is 2.30. The molecule has 0 unspecified atom stereocenters. The van der Waals surface area contributed by atoms with E-state index in [9.17, 15) is 0 Å². The topological polar surface area (TPSA) is 24.1 Å². The van der Waals surface area contributed by atoms with Gasteiger partial charge in [0.05, 0.1) is 0 Å². The predicted molar refractivity (Wildman–Crippen MR) is 83.8 cm³/mol. The van der Waals surface area contributed by atoms with Gasteiger partial charge in [0.25, 0.3) is 0 Å². The third-order valence-corrected chi connectivity index (χ3v) is 5.77. The zero-order valence-corrected chi connectivity index (χ0v) is 12.8. The SMILES string of the molecule is CCc1ccsc1CNCCSC1CCNCC1. The van der Waals surface area contributed by atoms with Gasteiger partial charge in [-0.25, -0.2) is 0 Å². The van der Waals surface area contributed by atoms with Gasteiger partial charge in [-0.15, -0.1) is 11.3 Å². The van der Waals surface area contributed by atoms with Crippen molar-refractivity contribution in [2.24, 2.45) is 0 Å². The first-order chi connectivity index (χ1) is 8.90. The molecule has 102 valence electrons. The molecule has 2 N–H and O–H groups in total. The van der Waals surface area contributed by atoms with Gasteiger partial charge in [0.1, 0.15) is 0 Å². The Morgan fingerprint density at radius 2 is 2.28 bits per heavy atom. The van der Waals surface area contributed by atoms with Gasteiger partial charge in [-0.1, -0.05) is 6.92 Å². The van der Waals surface area contributed by atoms with Crippen molar-refractivity contribution < 1.29 is 0 Å². The van der Waals surface area contributed by atoms with Crippen molar-refractivity contribution in [1.29, 1.82) is 0 Å². The van der Waals surface area contributed by atoms with Crippen molar-refractivity contribution in [1.82, 2.24) is 10.6 Å². The Bertz CT molecular complexity index is 332. The smallest absolute Gasteiger partial charge is 0.0302 e. The number of nitrogens with one attached hydrogen (secondary N) is 2. The fourth-order valence-corrected chi connectivity index (χ4v) is 4.41. The molecule has 0 atom stereocenters. The number of thiophene rings is 1. The zero-order chi connectivity index (χ0) is 12.6. The van der Waals surface area contributed by atoms with Gasteiger partial charge in [-0.3, -0.25) is 0 Å². The summed E-state index contributed by atoms with van der Waals surface area (Å²) in [4.78, 5) is 1.52. The fraction of sp³-hybridized carbons (Fsp3) is 0.714. The number of piperidine rings is 1. The molecule has 2 nitrogen and oxygen atoms in total. The van der Waals surface area contributed by atoms with E-state index in [1.807, 2.05) is 11.3 Å². The summed E-state index contributed by atoms with van der Waals surface area (Å²) >= 11 is 4.03. The standard InChI is InChI=1S/C14H24N2S2/c1-2-12-5-9-18-14(12)11-16-8-10-17-13-3-6-15-7-4-13/h5,9,13,15-16H,2-4,6-8,10-11H2,1H3. The Labute approximate surface area is 119 Å². The zero-order valence-electron chi connectivity index (χ0n) is 11.2. The average Bonchev–Trinajstić information content (AvgIpc) is 2.87. The second kappa shape index (κ2) is 8.20. The summed E-state index contributed by atoms with van der Waals surface area (Å²) in [5.74, 6) is 1.25. The molecular weight excluding hydrogens is 260 g/mol. The molecule has 0 aliphatic carbocycles. The second-order valence-corrected chi connectivity index (χ2v) is 7.13. The first kappa shape index (κ1) is 14.4. The van der Waals surface area contributed by atoms with Gasteiger partial charge in [-0.05, 0) is 49.4 Å². The quantitative estimate of drug-likeness (QED) is 0.753. The summed E-state index contributed by atoms with van der Waals surface area (Å²) in [6.45, 7) is 6.84. The van der Waals surface area contributed by atoms with Gasteiger partial charge < -0.3 is 10.6 Å². The summed E-state index contributed by atoms with van der Waals surface area (Å²) in [5.41, 5.74) is 1.51. The molecule has 1 aromatic heterocycles. The van der Waals surface area contributed by atoms with E-state index < -0.39 is 0 Å². The molecule has 4 heteroatoms. The molecule has 1 aliphatic heterocycles. The maximum absolute atomic E-state index is 3.58. The number of rotatable bonds is 7. The minimum absolute atomic E-state index is 0.890. The van der Waals surface area contributed by atoms with E-state index in [1.165, 1.54) is 42.1 Å². The van der Waals surface area contributed by atoms with Crippen LogP contribution in [0.3, 0.4) is 0 Å². The molecule has 1 saturated heterocycles. The number of hydrogen-bond acceptors (Lipinski definition) is 4. The third kappa shape index (κ3) is 4.57. The van der Waals surface area contributed by atoms with E-state index in [4.69, 9.17) is 0 Å². The molecule has 1 fully saturated rings. The Hall–Kier alpha value is -0.0300. The van der Waals surface area contributed by atoms with Crippen LogP contribution < -0.4 is 10.6 Å².